The lowest BCUT2D eigenvalue weighted by Gasteiger charge is -1.97. The van der Waals surface area contributed by atoms with Crippen molar-refractivity contribution < 1.29 is 5.11 Å². The molecule has 0 spiro atoms. The summed E-state index contributed by atoms with van der Waals surface area (Å²) in [5, 5.41) is 8.80. The third-order valence-corrected chi connectivity index (χ3v) is 1.43. The van der Waals surface area contributed by atoms with E-state index < -0.39 is 0 Å². The Hall–Kier alpha value is -1.31. The van der Waals surface area contributed by atoms with Crippen LogP contribution >= 0.6 is 0 Å². The highest BCUT2D eigenvalue weighted by atomic mass is 16.3. The Morgan fingerprint density at radius 2 is 2.45 bits per heavy atom. The van der Waals surface area contributed by atoms with Crippen molar-refractivity contribution in [3.05, 3.63) is 42.4 Å². The molecule has 0 fully saturated rings. The molecule has 0 aliphatic rings. The fourth-order valence-electron chi connectivity index (χ4n) is 0.835. The number of hydrogen-bond acceptors (Lipinski definition) is 2. The van der Waals surface area contributed by atoms with Gasteiger partial charge in [-0.1, -0.05) is 12.6 Å². The highest BCUT2D eigenvalue weighted by molar-refractivity contribution is 5.09. The number of pyridine rings is 1. The normalized spacial score (nSPS) is 9.45. The van der Waals surface area contributed by atoms with Gasteiger partial charge in [0.2, 0.25) is 0 Å². The van der Waals surface area contributed by atoms with E-state index in [1.54, 1.807) is 12.4 Å². The Kier molecular flexibility index (Phi) is 2.66. The van der Waals surface area contributed by atoms with E-state index in [1.165, 1.54) is 0 Å². The van der Waals surface area contributed by atoms with Crippen LogP contribution in [0, 0.1) is 0 Å². The minimum absolute atomic E-state index is 0.230. The van der Waals surface area contributed by atoms with E-state index >= 15 is 0 Å². The number of aliphatic hydroxyl groups is 1. The molecule has 2 heteroatoms. The van der Waals surface area contributed by atoms with Crippen molar-refractivity contribution >= 4 is 0 Å². The van der Waals surface area contributed by atoms with Crippen LogP contribution in [0.3, 0.4) is 0 Å². The molecule has 0 aliphatic heterocycles. The summed E-state index contributed by atoms with van der Waals surface area (Å²) >= 11 is 0. The Bertz CT molecular complexity index is 231. The van der Waals surface area contributed by atoms with E-state index in [1.807, 2.05) is 12.1 Å². The fourth-order valence-corrected chi connectivity index (χ4v) is 0.835. The van der Waals surface area contributed by atoms with Crippen LogP contribution in [0.25, 0.3) is 0 Å². The van der Waals surface area contributed by atoms with Crippen LogP contribution in [-0.2, 0) is 6.42 Å². The van der Waals surface area contributed by atoms with Crippen LogP contribution in [0.4, 0.5) is 0 Å². The van der Waals surface area contributed by atoms with Crippen LogP contribution in [0.15, 0.2) is 36.9 Å². The minimum atomic E-state index is 0.230. The molecule has 1 aromatic heterocycles. The van der Waals surface area contributed by atoms with Gasteiger partial charge in [-0.05, 0) is 18.1 Å². The monoisotopic (exact) mass is 149 g/mol. The first-order chi connectivity index (χ1) is 5.29. The number of rotatable bonds is 3. The second-order valence-electron chi connectivity index (χ2n) is 2.43. The van der Waals surface area contributed by atoms with Crippen molar-refractivity contribution in [1.82, 2.24) is 4.98 Å². The molecule has 1 heterocycles. The van der Waals surface area contributed by atoms with Gasteiger partial charge in [0.25, 0.3) is 0 Å². The van der Waals surface area contributed by atoms with E-state index in [0.29, 0.717) is 6.42 Å². The third kappa shape index (κ3) is 2.85. The molecule has 1 rings (SSSR count). The largest absolute Gasteiger partial charge is 0.513 e. The number of aryl methyl sites for hydroxylation is 1. The van der Waals surface area contributed by atoms with Gasteiger partial charge < -0.3 is 5.11 Å². The van der Waals surface area contributed by atoms with Crippen molar-refractivity contribution in [1.29, 1.82) is 0 Å². The second kappa shape index (κ2) is 3.76. The zero-order valence-electron chi connectivity index (χ0n) is 6.33. The number of aromatic nitrogens is 1. The molecule has 2 nitrogen and oxygen atoms in total. The average molecular weight is 149 g/mol. The summed E-state index contributed by atoms with van der Waals surface area (Å²) in [4.78, 5) is 3.95. The highest BCUT2D eigenvalue weighted by Crippen LogP contribution is 2.03. The lowest BCUT2D eigenvalue weighted by Crippen LogP contribution is -1.87. The van der Waals surface area contributed by atoms with Crippen molar-refractivity contribution in [2.75, 3.05) is 0 Å². The van der Waals surface area contributed by atoms with Gasteiger partial charge in [0, 0.05) is 18.8 Å². The molecular weight excluding hydrogens is 138 g/mol. The van der Waals surface area contributed by atoms with E-state index in [0.717, 1.165) is 12.0 Å². The van der Waals surface area contributed by atoms with Crippen LogP contribution < -0.4 is 0 Å². The second-order valence-corrected chi connectivity index (χ2v) is 2.43. The van der Waals surface area contributed by atoms with Crippen LogP contribution in [0.1, 0.15) is 12.0 Å². The number of hydrogen-bond donors (Lipinski definition) is 1. The zero-order valence-corrected chi connectivity index (χ0v) is 6.33. The van der Waals surface area contributed by atoms with E-state index in [4.69, 9.17) is 5.11 Å². The average Bonchev–Trinajstić information content (AvgIpc) is 2.03. The number of aliphatic hydroxyl groups excluding tert-OH is 1. The lowest BCUT2D eigenvalue weighted by atomic mass is 10.1. The van der Waals surface area contributed by atoms with Crippen molar-refractivity contribution in [3.8, 4) is 0 Å². The van der Waals surface area contributed by atoms with Gasteiger partial charge in [0.1, 0.15) is 0 Å². The maximum atomic E-state index is 8.80. The maximum absolute atomic E-state index is 8.80. The van der Waals surface area contributed by atoms with Gasteiger partial charge in [0.05, 0.1) is 5.76 Å². The quantitative estimate of drug-likeness (QED) is 0.667. The summed E-state index contributed by atoms with van der Waals surface area (Å²) < 4.78 is 0. The maximum Gasteiger partial charge on any atom is 0.0854 e. The smallest absolute Gasteiger partial charge is 0.0854 e. The lowest BCUT2D eigenvalue weighted by molar-refractivity contribution is 0.391. The number of allylic oxidation sites excluding steroid dienone is 1. The van der Waals surface area contributed by atoms with Gasteiger partial charge in [-0.3, -0.25) is 4.98 Å². The van der Waals surface area contributed by atoms with Gasteiger partial charge in [-0.25, -0.2) is 0 Å². The molecule has 1 aromatic rings. The van der Waals surface area contributed by atoms with E-state index in [2.05, 4.69) is 11.6 Å². The Balaban J connectivity index is 2.45. The van der Waals surface area contributed by atoms with Crippen molar-refractivity contribution in [2.45, 2.75) is 12.8 Å². The molecule has 0 atom stereocenters. The van der Waals surface area contributed by atoms with Gasteiger partial charge >= 0.3 is 0 Å². The summed E-state index contributed by atoms with van der Waals surface area (Å²) in [5.74, 6) is 0.230. The summed E-state index contributed by atoms with van der Waals surface area (Å²) in [5.41, 5.74) is 1.13. The zero-order chi connectivity index (χ0) is 8.10. The molecule has 11 heavy (non-hydrogen) atoms. The van der Waals surface area contributed by atoms with Gasteiger partial charge in [-0.2, -0.15) is 0 Å². The third-order valence-electron chi connectivity index (χ3n) is 1.43. The molecular formula is C9H11NO. The molecule has 0 bridgehead atoms. The van der Waals surface area contributed by atoms with E-state index in [9.17, 15) is 0 Å². The fraction of sp³-hybridized carbons (Fsp3) is 0.222. The molecule has 0 amide bonds. The molecule has 58 valence electrons. The Morgan fingerprint density at radius 3 is 3.00 bits per heavy atom. The Morgan fingerprint density at radius 1 is 1.64 bits per heavy atom. The molecule has 0 saturated carbocycles. The highest BCUT2D eigenvalue weighted by Gasteiger charge is 1.92. The standard InChI is InChI=1S/C9H11NO/c1-8(11)4-5-9-3-2-6-10-7-9/h2-3,6-7,11H,1,4-5H2. The topological polar surface area (TPSA) is 33.1 Å². The molecule has 1 N–H and O–H groups in total. The Labute approximate surface area is 66.2 Å². The molecule has 0 radical (unpaired) electrons. The predicted molar refractivity (Wildman–Crippen MR) is 44.3 cm³/mol. The minimum Gasteiger partial charge on any atom is -0.513 e. The van der Waals surface area contributed by atoms with Gasteiger partial charge in [0.15, 0.2) is 0 Å². The number of nitrogens with zero attached hydrogens (tertiary/aromatic N) is 1. The summed E-state index contributed by atoms with van der Waals surface area (Å²) in [7, 11) is 0. The summed E-state index contributed by atoms with van der Waals surface area (Å²) in [6.07, 6.45) is 4.95. The van der Waals surface area contributed by atoms with Crippen molar-refractivity contribution in [3.63, 3.8) is 0 Å². The molecule has 0 aromatic carbocycles. The van der Waals surface area contributed by atoms with E-state index in [-0.39, 0.29) is 5.76 Å². The van der Waals surface area contributed by atoms with Crippen LogP contribution in [-0.4, -0.2) is 10.1 Å². The van der Waals surface area contributed by atoms with Crippen LogP contribution in [0.5, 0.6) is 0 Å². The SMILES string of the molecule is C=C(O)CCc1cccnc1. The first kappa shape index (κ1) is 7.79. The van der Waals surface area contributed by atoms with Crippen LogP contribution in [0.2, 0.25) is 0 Å². The molecule has 0 aliphatic carbocycles. The van der Waals surface area contributed by atoms with Crippen molar-refractivity contribution in [2.24, 2.45) is 0 Å². The summed E-state index contributed by atoms with van der Waals surface area (Å²) in [6.45, 7) is 3.41. The molecule has 0 saturated heterocycles. The first-order valence-electron chi connectivity index (χ1n) is 3.54. The summed E-state index contributed by atoms with van der Waals surface area (Å²) in [6, 6.07) is 3.87. The first-order valence-corrected chi connectivity index (χ1v) is 3.54. The molecule has 0 unspecified atom stereocenters. The predicted octanol–water partition coefficient (Wildman–Crippen LogP) is 2.09. The van der Waals surface area contributed by atoms with Gasteiger partial charge in [-0.15, -0.1) is 0 Å².